The normalized spacial score (nSPS) is 18.6. The van der Waals surface area contributed by atoms with Crippen LogP contribution < -0.4 is 0 Å². The Morgan fingerprint density at radius 2 is 1.86 bits per heavy atom. The van der Waals surface area contributed by atoms with Crippen LogP contribution in [-0.4, -0.2) is 17.5 Å². The van der Waals surface area contributed by atoms with E-state index in [9.17, 15) is 0 Å². The van der Waals surface area contributed by atoms with E-state index in [0.717, 1.165) is 12.6 Å². The Bertz CT molecular complexity index is 178. The molecule has 82 valence electrons. The molecule has 0 aromatic carbocycles. The molecule has 1 saturated carbocycles. The Hall–Kier alpha value is -0.460. The van der Waals surface area contributed by atoms with Gasteiger partial charge in [-0.2, -0.15) is 0 Å². The van der Waals surface area contributed by atoms with Gasteiger partial charge in [0.15, 0.2) is 0 Å². The van der Waals surface area contributed by atoms with E-state index in [0.29, 0.717) is 5.92 Å². The van der Waals surface area contributed by atoms with Gasteiger partial charge in [0.2, 0.25) is 0 Å². The summed E-state index contributed by atoms with van der Waals surface area (Å²) >= 11 is 0. The predicted molar refractivity (Wildman–Crippen MR) is 63.2 cm³/mol. The first-order valence-electron chi connectivity index (χ1n) is 6.12. The molecule has 1 nitrogen and oxygen atoms in total. The fourth-order valence-corrected chi connectivity index (χ4v) is 2.42. The van der Waals surface area contributed by atoms with Gasteiger partial charge in [-0.3, -0.25) is 0 Å². The third-order valence-corrected chi connectivity index (χ3v) is 3.39. The van der Waals surface area contributed by atoms with Gasteiger partial charge >= 0.3 is 0 Å². The minimum Gasteiger partial charge on any atom is -0.372 e. The fourth-order valence-electron chi connectivity index (χ4n) is 2.42. The summed E-state index contributed by atoms with van der Waals surface area (Å²) in [5, 5.41) is 0. The lowest BCUT2D eigenvalue weighted by Gasteiger charge is -2.38. The van der Waals surface area contributed by atoms with Crippen molar-refractivity contribution in [3.05, 3.63) is 12.3 Å². The van der Waals surface area contributed by atoms with Crippen molar-refractivity contribution in [3.63, 3.8) is 0 Å². The maximum atomic E-state index is 4.23. The second kappa shape index (κ2) is 5.43. The maximum Gasteiger partial charge on any atom is 0.0286 e. The topological polar surface area (TPSA) is 3.24 Å². The second-order valence-electron chi connectivity index (χ2n) is 4.72. The van der Waals surface area contributed by atoms with Gasteiger partial charge in [-0.1, -0.05) is 39.7 Å². The number of hydrogen-bond acceptors (Lipinski definition) is 1. The molecule has 0 unspecified atom stereocenters. The summed E-state index contributed by atoms with van der Waals surface area (Å²) in [5.41, 5.74) is 1.33. The van der Waals surface area contributed by atoms with E-state index in [1.54, 1.807) is 0 Å². The molecule has 1 aliphatic rings. The van der Waals surface area contributed by atoms with Gasteiger partial charge in [0.25, 0.3) is 0 Å². The van der Waals surface area contributed by atoms with Crippen molar-refractivity contribution in [2.75, 3.05) is 6.54 Å². The molecule has 0 atom stereocenters. The lowest BCUT2D eigenvalue weighted by Crippen LogP contribution is -2.37. The van der Waals surface area contributed by atoms with Crippen LogP contribution in [0.3, 0.4) is 0 Å². The summed E-state index contributed by atoms with van der Waals surface area (Å²) in [5.74, 6) is 0.594. The van der Waals surface area contributed by atoms with Crippen molar-refractivity contribution in [2.45, 2.75) is 58.9 Å². The molecule has 1 rings (SSSR count). The van der Waals surface area contributed by atoms with Crippen molar-refractivity contribution >= 4 is 0 Å². The van der Waals surface area contributed by atoms with Gasteiger partial charge in [-0.05, 0) is 25.7 Å². The van der Waals surface area contributed by atoms with Crippen LogP contribution in [0.2, 0.25) is 0 Å². The molecule has 1 aliphatic carbocycles. The Labute approximate surface area is 89.2 Å². The Balaban J connectivity index is 2.55. The molecule has 1 fully saturated rings. The zero-order chi connectivity index (χ0) is 10.6. The lowest BCUT2D eigenvalue weighted by molar-refractivity contribution is 0.194. The SMILES string of the molecule is C=C(C(C)C)N(CC)C1CCCCC1. The predicted octanol–water partition coefficient (Wildman–Crippen LogP) is 3.81. The van der Waals surface area contributed by atoms with Gasteiger partial charge in [0, 0.05) is 18.3 Å². The highest BCUT2D eigenvalue weighted by molar-refractivity contribution is 4.99. The summed E-state index contributed by atoms with van der Waals surface area (Å²) in [4.78, 5) is 2.53. The van der Waals surface area contributed by atoms with Gasteiger partial charge in [0.05, 0.1) is 0 Å². The molecule has 0 spiro atoms. The minimum absolute atomic E-state index is 0.594. The summed E-state index contributed by atoms with van der Waals surface area (Å²) in [6, 6.07) is 0.781. The summed E-state index contributed by atoms with van der Waals surface area (Å²) < 4.78 is 0. The third-order valence-electron chi connectivity index (χ3n) is 3.39. The van der Waals surface area contributed by atoms with Crippen LogP contribution in [0.4, 0.5) is 0 Å². The molecule has 14 heavy (non-hydrogen) atoms. The third kappa shape index (κ3) is 2.76. The largest absolute Gasteiger partial charge is 0.372 e. The lowest BCUT2D eigenvalue weighted by atomic mass is 9.93. The van der Waals surface area contributed by atoms with Crippen LogP contribution in [-0.2, 0) is 0 Å². The molecular weight excluding hydrogens is 170 g/mol. The van der Waals surface area contributed by atoms with Crippen LogP contribution in [0.1, 0.15) is 52.9 Å². The molecule has 0 aromatic heterocycles. The summed E-state index contributed by atoms with van der Waals surface area (Å²) in [7, 11) is 0. The second-order valence-corrected chi connectivity index (χ2v) is 4.72. The average Bonchev–Trinajstić information content (AvgIpc) is 2.20. The van der Waals surface area contributed by atoms with E-state index in [1.807, 2.05) is 0 Å². The molecule has 0 bridgehead atoms. The molecular formula is C13H25N. The van der Waals surface area contributed by atoms with E-state index in [1.165, 1.54) is 37.8 Å². The van der Waals surface area contributed by atoms with E-state index in [4.69, 9.17) is 0 Å². The Kier molecular flexibility index (Phi) is 4.50. The zero-order valence-electron chi connectivity index (χ0n) is 10.1. The standard InChI is InChI=1S/C13H25N/c1-5-14(12(4)11(2)3)13-9-7-6-8-10-13/h11,13H,4-10H2,1-3H3. The van der Waals surface area contributed by atoms with E-state index in [2.05, 4.69) is 32.3 Å². The first kappa shape index (κ1) is 11.6. The molecule has 0 amide bonds. The molecule has 1 heteroatoms. The number of rotatable bonds is 4. The van der Waals surface area contributed by atoms with Gasteiger partial charge in [0.1, 0.15) is 0 Å². The van der Waals surface area contributed by atoms with Gasteiger partial charge in [-0.15, -0.1) is 0 Å². The first-order chi connectivity index (χ1) is 6.66. The van der Waals surface area contributed by atoms with Gasteiger partial charge < -0.3 is 4.90 Å². The smallest absolute Gasteiger partial charge is 0.0286 e. The number of nitrogens with zero attached hydrogens (tertiary/aromatic N) is 1. The monoisotopic (exact) mass is 195 g/mol. The van der Waals surface area contributed by atoms with E-state index in [-0.39, 0.29) is 0 Å². The summed E-state index contributed by atoms with van der Waals surface area (Å²) in [6.07, 6.45) is 7.00. The zero-order valence-corrected chi connectivity index (χ0v) is 10.1. The van der Waals surface area contributed by atoms with Crippen LogP contribution in [0, 0.1) is 5.92 Å². The minimum atomic E-state index is 0.594. The molecule has 0 aromatic rings. The highest BCUT2D eigenvalue weighted by Crippen LogP contribution is 2.26. The Morgan fingerprint density at radius 3 is 2.29 bits per heavy atom. The van der Waals surface area contributed by atoms with Crippen LogP contribution in [0.25, 0.3) is 0 Å². The van der Waals surface area contributed by atoms with Crippen molar-refractivity contribution in [1.29, 1.82) is 0 Å². The van der Waals surface area contributed by atoms with Crippen molar-refractivity contribution in [2.24, 2.45) is 5.92 Å². The maximum absolute atomic E-state index is 4.23. The van der Waals surface area contributed by atoms with Crippen LogP contribution in [0.5, 0.6) is 0 Å². The highest BCUT2D eigenvalue weighted by Gasteiger charge is 2.21. The highest BCUT2D eigenvalue weighted by atomic mass is 15.2. The van der Waals surface area contributed by atoms with Gasteiger partial charge in [-0.25, -0.2) is 0 Å². The van der Waals surface area contributed by atoms with Crippen molar-refractivity contribution in [3.8, 4) is 0 Å². The Morgan fingerprint density at radius 1 is 1.29 bits per heavy atom. The molecule has 0 radical (unpaired) electrons. The van der Waals surface area contributed by atoms with Crippen molar-refractivity contribution < 1.29 is 0 Å². The number of hydrogen-bond donors (Lipinski definition) is 0. The first-order valence-corrected chi connectivity index (χ1v) is 6.12. The molecule has 0 saturated heterocycles. The average molecular weight is 195 g/mol. The fraction of sp³-hybridized carbons (Fsp3) is 0.846. The number of allylic oxidation sites excluding steroid dienone is 1. The van der Waals surface area contributed by atoms with Crippen molar-refractivity contribution in [1.82, 2.24) is 4.90 Å². The van der Waals surface area contributed by atoms with E-state index >= 15 is 0 Å². The quantitative estimate of drug-likeness (QED) is 0.659. The molecule has 0 aliphatic heterocycles. The van der Waals surface area contributed by atoms with Crippen LogP contribution >= 0.6 is 0 Å². The van der Waals surface area contributed by atoms with E-state index < -0.39 is 0 Å². The van der Waals surface area contributed by atoms with Crippen LogP contribution in [0.15, 0.2) is 12.3 Å². The molecule has 0 N–H and O–H groups in total. The summed E-state index contributed by atoms with van der Waals surface area (Å²) in [6.45, 7) is 12.1. The molecule has 0 heterocycles.